The molecule has 0 amide bonds. The molecule has 0 aromatic heterocycles. The second kappa shape index (κ2) is 5.66. The quantitative estimate of drug-likeness (QED) is 0.487. The average molecular weight is 209 g/mol. The molecule has 0 unspecified atom stereocenters. The van der Waals surface area contributed by atoms with Gasteiger partial charge in [-0.1, -0.05) is 6.58 Å². The van der Waals surface area contributed by atoms with Gasteiger partial charge in [-0.2, -0.15) is 0 Å². The number of hydrogen-bond acceptors (Lipinski definition) is 2. The van der Waals surface area contributed by atoms with Gasteiger partial charge in [0.15, 0.2) is 0 Å². The molecule has 84 valence electrons. The first-order valence-corrected chi connectivity index (χ1v) is 5.18. The SMILES string of the molecule is C=C(C)N=C(N=C(C)C)N1CCOCC1. The highest BCUT2D eigenvalue weighted by atomic mass is 16.5. The van der Waals surface area contributed by atoms with E-state index >= 15 is 0 Å². The predicted molar refractivity (Wildman–Crippen MR) is 63.4 cm³/mol. The van der Waals surface area contributed by atoms with Crippen molar-refractivity contribution >= 4 is 11.7 Å². The number of guanidine groups is 1. The van der Waals surface area contributed by atoms with Gasteiger partial charge >= 0.3 is 0 Å². The van der Waals surface area contributed by atoms with Crippen LogP contribution in [0.3, 0.4) is 0 Å². The molecule has 1 rings (SSSR count). The standard InChI is InChI=1S/C11H19N3O/c1-9(2)12-11(13-10(3)4)14-5-7-15-8-6-14/h1,5-8H2,2-4H3. The van der Waals surface area contributed by atoms with Crippen molar-refractivity contribution in [1.82, 2.24) is 4.90 Å². The number of rotatable bonds is 1. The van der Waals surface area contributed by atoms with Crippen molar-refractivity contribution in [3.63, 3.8) is 0 Å². The second-order valence-electron chi connectivity index (χ2n) is 3.81. The monoisotopic (exact) mass is 209 g/mol. The van der Waals surface area contributed by atoms with Crippen LogP contribution in [0.15, 0.2) is 22.3 Å². The summed E-state index contributed by atoms with van der Waals surface area (Å²) in [6.45, 7) is 12.8. The Hall–Kier alpha value is -1.16. The highest BCUT2D eigenvalue weighted by molar-refractivity contribution is 5.95. The first-order chi connectivity index (χ1) is 7.09. The van der Waals surface area contributed by atoms with Gasteiger partial charge < -0.3 is 9.64 Å². The molecule has 1 saturated heterocycles. The molecule has 1 heterocycles. The summed E-state index contributed by atoms with van der Waals surface area (Å²) in [4.78, 5) is 10.9. The molecular weight excluding hydrogens is 190 g/mol. The van der Waals surface area contributed by atoms with Gasteiger partial charge in [0.2, 0.25) is 5.96 Å². The maximum absolute atomic E-state index is 5.29. The van der Waals surface area contributed by atoms with Crippen LogP contribution in [-0.2, 0) is 4.74 Å². The highest BCUT2D eigenvalue weighted by Crippen LogP contribution is 2.03. The number of nitrogens with zero attached hydrogens (tertiary/aromatic N) is 3. The minimum absolute atomic E-state index is 0.744. The highest BCUT2D eigenvalue weighted by Gasteiger charge is 2.14. The van der Waals surface area contributed by atoms with Crippen molar-refractivity contribution < 1.29 is 4.74 Å². The smallest absolute Gasteiger partial charge is 0.225 e. The zero-order valence-electron chi connectivity index (χ0n) is 9.79. The normalized spacial score (nSPS) is 17.5. The van der Waals surface area contributed by atoms with E-state index in [4.69, 9.17) is 4.74 Å². The summed E-state index contributed by atoms with van der Waals surface area (Å²) in [6, 6.07) is 0. The Balaban J connectivity index is 2.79. The lowest BCUT2D eigenvalue weighted by Gasteiger charge is -2.27. The van der Waals surface area contributed by atoms with Crippen molar-refractivity contribution in [3.05, 3.63) is 12.3 Å². The molecule has 4 heteroatoms. The van der Waals surface area contributed by atoms with Crippen LogP contribution in [0.1, 0.15) is 20.8 Å². The zero-order valence-corrected chi connectivity index (χ0v) is 9.79. The largest absolute Gasteiger partial charge is 0.378 e. The summed E-state index contributed by atoms with van der Waals surface area (Å²) in [5.74, 6) is 0.755. The lowest BCUT2D eigenvalue weighted by molar-refractivity contribution is 0.0676. The summed E-state index contributed by atoms with van der Waals surface area (Å²) in [6.07, 6.45) is 0. The van der Waals surface area contributed by atoms with Crippen LogP contribution in [0.4, 0.5) is 0 Å². The lowest BCUT2D eigenvalue weighted by Crippen LogP contribution is -2.40. The summed E-state index contributed by atoms with van der Waals surface area (Å²) >= 11 is 0. The summed E-state index contributed by atoms with van der Waals surface area (Å²) in [5, 5.41) is 0. The number of allylic oxidation sites excluding steroid dienone is 1. The molecule has 4 nitrogen and oxygen atoms in total. The average Bonchev–Trinajstić information content (AvgIpc) is 2.17. The molecule has 0 atom stereocenters. The van der Waals surface area contributed by atoms with Gasteiger partial charge in [-0.15, -0.1) is 0 Å². The first kappa shape index (κ1) is 11.9. The van der Waals surface area contributed by atoms with Crippen molar-refractivity contribution in [2.75, 3.05) is 26.3 Å². The number of morpholine rings is 1. The molecule has 1 aliphatic rings. The zero-order chi connectivity index (χ0) is 11.3. The molecule has 0 radical (unpaired) electrons. The van der Waals surface area contributed by atoms with Gasteiger partial charge in [-0.3, -0.25) is 0 Å². The van der Waals surface area contributed by atoms with Crippen LogP contribution in [0.25, 0.3) is 0 Å². The van der Waals surface area contributed by atoms with Crippen LogP contribution in [0.5, 0.6) is 0 Å². The van der Waals surface area contributed by atoms with E-state index in [0.29, 0.717) is 0 Å². The van der Waals surface area contributed by atoms with E-state index in [-0.39, 0.29) is 0 Å². The van der Waals surface area contributed by atoms with Crippen molar-refractivity contribution in [1.29, 1.82) is 0 Å². The Morgan fingerprint density at radius 2 is 1.73 bits per heavy atom. The Bertz CT molecular complexity index is 284. The van der Waals surface area contributed by atoms with Crippen LogP contribution < -0.4 is 0 Å². The Morgan fingerprint density at radius 1 is 1.13 bits per heavy atom. The summed E-state index contributed by atoms with van der Waals surface area (Å²) in [7, 11) is 0. The number of aliphatic imine (C=N–C) groups is 2. The van der Waals surface area contributed by atoms with Crippen LogP contribution in [0.2, 0.25) is 0 Å². The molecular formula is C11H19N3O. The molecule has 0 aromatic rings. The number of ether oxygens (including phenoxy) is 1. The third-order valence-corrected chi connectivity index (χ3v) is 1.91. The fourth-order valence-electron chi connectivity index (χ4n) is 1.30. The van der Waals surface area contributed by atoms with E-state index in [0.717, 1.165) is 43.7 Å². The van der Waals surface area contributed by atoms with Crippen molar-refractivity contribution in [2.45, 2.75) is 20.8 Å². The Labute approximate surface area is 91.4 Å². The first-order valence-electron chi connectivity index (χ1n) is 5.18. The second-order valence-corrected chi connectivity index (χ2v) is 3.81. The van der Waals surface area contributed by atoms with Crippen LogP contribution >= 0.6 is 0 Å². The third kappa shape index (κ3) is 4.25. The van der Waals surface area contributed by atoms with Crippen LogP contribution in [0, 0.1) is 0 Å². The molecule has 15 heavy (non-hydrogen) atoms. The van der Waals surface area contributed by atoms with Gasteiger partial charge in [-0.25, -0.2) is 9.98 Å². The maximum Gasteiger partial charge on any atom is 0.225 e. The molecule has 0 spiro atoms. The van der Waals surface area contributed by atoms with E-state index in [2.05, 4.69) is 21.5 Å². The molecule has 1 fully saturated rings. The third-order valence-electron chi connectivity index (χ3n) is 1.91. The predicted octanol–water partition coefficient (Wildman–Crippen LogP) is 1.69. The lowest BCUT2D eigenvalue weighted by atomic mass is 10.4. The fourth-order valence-corrected chi connectivity index (χ4v) is 1.30. The van der Waals surface area contributed by atoms with E-state index in [1.807, 2.05) is 20.8 Å². The van der Waals surface area contributed by atoms with Gasteiger partial charge in [-0.05, 0) is 20.8 Å². The minimum Gasteiger partial charge on any atom is -0.378 e. The fraction of sp³-hybridized carbons (Fsp3) is 0.636. The molecule has 0 aromatic carbocycles. The molecule has 0 aliphatic carbocycles. The van der Waals surface area contributed by atoms with Gasteiger partial charge in [0.25, 0.3) is 0 Å². The van der Waals surface area contributed by atoms with E-state index in [1.54, 1.807) is 0 Å². The molecule has 0 N–H and O–H groups in total. The minimum atomic E-state index is 0.744. The molecule has 1 aliphatic heterocycles. The van der Waals surface area contributed by atoms with Gasteiger partial charge in [0.1, 0.15) is 0 Å². The van der Waals surface area contributed by atoms with Crippen LogP contribution in [-0.4, -0.2) is 42.9 Å². The van der Waals surface area contributed by atoms with E-state index in [9.17, 15) is 0 Å². The van der Waals surface area contributed by atoms with Crippen molar-refractivity contribution in [2.24, 2.45) is 9.98 Å². The summed E-state index contributed by atoms with van der Waals surface area (Å²) < 4.78 is 5.29. The van der Waals surface area contributed by atoms with Crippen molar-refractivity contribution in [3.8, 4) is 0 Å². The number of hydrogen-bond donors (Lipinski definition) is 0. The molecule has 0 saturated carbocycles. The van der Waals surface area contributed by atoms with E-state index < -0.39 is 0 Å². The van der Waals surface area contributed by atoms with E-state index in [1.165, 1.54) is 0 Å². The summed E-state index contributed by atoms with van der Waals surface area (Å²) in [5.41, 5.74) is 1.78. The van der Waals surface area contributed by atoms with Gasteiger partial charge in [0.05, 0.1) is 13.2 Å². The van der Waals surface area contributed by atoms with Gasteiger partial charge in [0, 0.05) is 24.5 Å². The maximum atomic E-state index is 5.29. The topological polar surface area (TPSA) is 37.2 Å². The molecule has 0 bridgehead atoms. The Morgan fingerprint density at radius 3 is 2.20 bits per heavy atom. The Kier molecular flexibility index (Phi) is 4.49.